The van der Waals surface area contributed by atoms with Crippen molar-refractivity contribution in [3.05, 3.63) is 46.8 Å². The standard InChI is InChI=1S/C21H33N5O/c1-7-22-21(24-13-19-16(4)25-26(6)17(19)5)23-12-18-10-8-9-11-20(18)27-14-15(2)3/h8-11,15H,7,12-14H2,1-6H3,(H2,22,23,24). The van der Waals surface area contributed by atoms with Crippen molar-refractivity contribution in [2.45, 2.75) is 47.7 Å². The molecule has 0 fully saturated rings. The zero-order chi connectivity index (χ0) is 19.8. The van der Waals surface area contributed by atoms with Crippen LogP contribution in [0.15, 0.2) is 29.3 Å². The van der Waals surface area contributed by atoms with Gasteiger partial charge in [0.05, 0.1) is 18.8 Å². The van der Waals surface area contributed by atoms with E-state index in [2.05, 4.69) is 49.5 Å². The number of aryl methyl sites for hydroxylation is 2. The van der Waals surface area contributed by atoms with Crippen molar-refractivity contribution in [3.8, 4) is 5.75 Å². The van der Waals surface area contributed by atoms with Crippen molar-refractivity contribution in [1.29, 1.82) is 0 Å². The molecule has 0 radical (unpaired) electrons. The van der Waals surface area contributed by atoms with E-state index in [1.165, 1.54) is 11.3 Å². The van der Waals surface area contributed by atoms with Gasteiger partial charge >= 0.3 is 0 Å². The lowest BCUT2D eigenvalue weighted by Gasteiger charge is -2.14. The fourth-order valence-electron chi connectivity index (χ4n) is 2.78. The smallest absolute Gasteiger partial charge is 0.191 e. The van der Waals surface area contributed by atoms with Gasteiger partial charge in [-0.3, -0.25) is 4.68 Å². The molecular weight excluding hydrogens is 338 g/mol. The average molecular weight is 372 g/mol. The van der Waals surface area contributed by atoms with E-state index >= 15 is 0 Å². The summed E-state index contributed by atoms with van der Waals surface area (Å²) in [6, 6.07) is 8.10. The minimum Gasteiger partial charge on any atom is -0.493 e. The average Bonchev–Trinajstić information content (AvgIpc) is 2.88. The molecular formula is C21H33N5O. The van der Waals surface area contributed by atoms with E-state index in [4.69, 9.17) is 9.73 Å². The van der Waals surface area contributed by atoms with Crippen LogP contribution < -0.4 is 15.4 Å². The summed E-state index contributed by atoms with van der Waals surface area (Å²) in [7, 11) is 1.97. The zero-order valence-corrected chi connectivity index (χ0v) is 17.5. The zero-order valence-electron chi connectivity index (χ0n) is 17.5. The minimum absolute atomic E-state index is 0.492. The summed E-state index contributed by atoms with van der Waals surface area (Å²) in [4.78, 5) is 4.74. The second-order valence-corrected chi connectivity index (χ2v) is 7.13. The van der Waals surface area contributed by atoms with E-state index in [-0.39, 0.29) is 0 Å². The molecule has 0 atom stereocenters. The number of benzene rings is 1. The summed E-state index contributed by atoms with van der Waals surface area (Å²) >= 11 is 0. The van der Waals surface area contributed by atoms with Crippen LogP contribution in [0.1, 0.15) is 43.3 Å². The molecule has 6 nitrogen and oxygen atoms in total. The van der Waals surface area contributed by atoms with E-state index in [1.54, 1.807) is 0 Å². The normalized spacial score (nSPS) is 11.7. The van der Waals surface area contributed by atoms with E-state index in [1.807, 2.05) is 36.9 Å². The first-order valence-corrected chi connectivity index (χ1v) is 9.64. The summed E-state index contributed by atoms with van der Waals surface area (Å²) in [6.07, 6.45) is 0. The number of aromatic nitrogens is 2. The molecule has 0 aliphatic rings. The van der Waals surface area contributed by atoms with Crippen LogP contribution in [0.2, 0.25) is 0 Å². The van der Waals surface area contributed by atoms with Gasteiger partial charge in [0.1, 0.15) is 5.75 Å². The molecule has 2 rings (SSSR count). The largest absolute Gasteiger partial charge is 0.493 e. The lowest BCUT2D eigenvalue weighted by atomic mass is 10.2. The summed E-state index contributed by atoms with van der Waals surface area (Å²) in [5.41, 5.74) is 4.52. The van der Waals surface area contributed by atoms with Crippen molar-refractivity contribution >= 4 is 5.96 Å². The topological polar surface area (TPSA) is 63.5 Å². The highest BCUT2D eigenvalue weighted by atomic mass is 16.5. The molecule has 0 spiro atoms. The Morgan fingerprint density at radius 1 is 1.22 bits per heavy atom. The van der Waals surface area contributed by atoms with Crippen molar-refractivity contribution in [3.63, 3.8) is 0 Å². The molecule has 0 unspecified atom stereocenters. The molecule has 0 saturated carbocycles. The predicted octanol–water partition coefficient (Wildman–Crippen LogP) is 3.33. The number of hydrogen-bond donors (Lipinski definition) is 2. The van der Waals surface area contributed by atoms with Gasteiger partial charge in [0, 0.05) is 37.0 Å². The van der Waals surface area contributed by atoms with Gasteiger partial charge in [0.2, 0.25) is 0 Å². The maximum atomic E-state index is 5.93. The molecule has 0 saturated heterocycles. The number of guanidine groups is 1. The van der Waals surface area contributed by atoms with E-state index in [0.717, 1.165) is 29.5 Å². The van der Waals surface area contributed by atoms with Gasteiger partial charge in [0.25, 0.3) is 0 Å². The van der Waals surface area contributed by atoms with Crippen LogP contribution in [0.25, 0.3) is 0 Å². The Morgan fingerprint density at radius 2 is 1.96 bits per heavy atom. The highest BCUT2D eigenvalue weighted by Gasteiger charge is 2.10. The SMILES string of the molecule is CCNC(=NCc1ccccc1OCC(C)C)NCc1c(C)nn(C)c1C. The highest BCUT2D eigenvalue weighted by Crippen LogP contribution is 2.19. The van der Waals surface area contributed by atoms with E-state index in [9.17, 15) is 0 Å². The second kappa shape index (κ2) is 10.00. The molecule has 1 aromatic carbocycles. The molecule has 27 heavy (non-hydrogen) atoms. The van der Waals surface area contributed by atoms with E-state index < -0.39 is 0 Å². The van der Waals surface area contributed by atoms with Crippen molar-refractivity contribution < 1.29 is 4.74 Å². The summed E-state index contributed by atoms with van der Waals surface area (Å²) < 4.78 is 7.85. The molecule has 0 aliphatic carbocycles. The third-order valence-corrected chi connectivity index (χ3v) is 4.39. The first-order chi connectivity index (χ1) is 12.9. The molecule has 0 bridgehead atoms. The van der Waals surface area contributed by atoms with Crippen LogP contribution in [-0.2, 0) is 20.1 Å². The Kier molecular flexibility index (Phi) is 7.70. The molecule has 6 heteroatoms. The van der Waals surface area contributed by atoms with Gasteiger partial charge in [0.15, 0.2) is 5.96 Å². The van der Waals surface area contributed by atoms with Gasteiger partial charge in [-0.05, 0) is 32.8 Å². The Balaban J connectivity index is 2.07. The van der Waals surface area contributed by atoms with Crippen LogP contribution >= 0.6 is 0 Å². The molecule has 1 heterocycles. The maximum Gasteiger partial charge on any atom is 0.191 e. The first kappa shape index (κ1) is 20.8. The van der Waals surface area contributed by atoms with Crippen molar-refractivity contribution in [2.75, 3.05) is 13.2 Å². The quantitative estimate of drug-likeness (QED) is 0.552. The number of ether oxygens (including phenoxy) is 1. The van der Waals surface area contributed by atoms with Gasteiger partial charge in [-0.1, -0.05) is 32.0 Å². The van der Waals surface area contributed by atoms with Gasteiger partial charge in [-0.15, -0.1) is 0 Å². The Morgan fingerprint density at radius 3 is 2.59 bits per heavy atom. The van der Waals surface area contributed by atoms with Crippen LogP contribution in [0.3, 0.4) is 0 Å². The molecule has 1 aromatic heterocycles. The Labute approximate surface area is 163 Å². The van der Waals surface area contributed by atoms with Gasteiger partial charge in [-0.25, -0.2) is 4.99 Å². The third kappa shape index (κ3) is 6.01. The number of aliphatic imine (C=N–C) groups is 1. The number of rotatable bonds is 8. The number of nitrogens with zero attached hydrogens (tertiary/aromatic N) is 3. The van der Waals surface area contributed by atoms with Gasteiger partial charge < -0.3 is 15.4 Å². The van der Waals surface area contributed by atoms with Crippen LogP contribution in [0.5, 0.6) is 5.75 Å². The summed E-state index contributed by atoms with van der Waals surface area (Å²) in [6.45, 7) is 13.3. The maximum absolute atomic E-state index is 5.93. The van der Waals surface area contributed by atoms with Crippen molar-refractivity contribution in [1.82, 2.24) is 20.4 Å². The van der Waals surface area contributed by atoms with E-state index in [0.29, 0.717) is 25.6 Å². The van der Waals surface area contributed by atoms with Crippen LogP contribution in [0, 0.1) is 19.8 Å². The molecule has 148 valence electrons. The first-order valence-electron chi connectivity index (χ1n) is 9.64. The fourth-order valence-corrected chi connectivity index (χ4v) is 2.78. The number of hydrogen-bond acceptors (Lipinski definition) is 3. The monoisotopic (exact) mass is 371 g/mol. The fraction of sp³-hybridized carbons (Fsp3) is 0.524. The lowest BCUT2D eigenvalue weighted by molar-refractivity contribution is 0.268. The summed E-state index contributed by atoms with van der Waals surface area (Å²) in [5.74, 6) is 2.19. The minimum atomic E-state index is 0.492. The van der Waals surface area contributed by atoms with Crippen molar-refractivity contribution in [2.24, 2.45) is 18.0 Å². The molecule has 2 aromatic rings. The predicted molar refractivity (Wildman–Crippen MR) is 111 cm³/mol. The molecule has 2 N–H and O–H groups in total. The van der Waals surface area contributed by atoms with Crippen LogP contribution in [-0.4, -0.2) is 28.9 Å². The van der Waals surface area contributed by atoms with Crippen LogP contribution in [0.4, 0.5) is 0 Å². The molecule has 0 aliphatic heterocycles. The Bertz CT molecular complexity index is 764. The third-order valence-electron chi connectivity index (χ3n) is 4.39. The van der Waals surface area contributed by atoms with Gasteiger partial charge in [-0.2, -0.15) is 5.10 Å². The number of nitrogens with one attached hydrogen (secondary N) is 2. The second-order valence-electron chi connectivity index (χ2n) is 7.13. The summed E-state index contributed by atoms with van der Waals surface area (Å²) in [5, 5.41) is 11.2. The Hall–Kier alpha value is -2.50. The number of para-hydroxylation sites is 1. The lowest BCUT2D eigenvalue weighted by Crippen LogP contribution is -2.37. The molecule has 0 amide bonds. The highest BCUT2D eigenvalue weighted by molar-refractivity contribution is 5.79.